The summed E-state index contributed by atoms with van der Waals surface area (Å²) >= 11 is 0. The summed E-state index contributed by atoms with van der Waals surface area (Å²) < 4.78 is 0. The van der Waals surface area contributed by atoms with Crippen LogP contribution < -0.4 is 10.6 Å². The van der Waals surface area contributed by atoms with Crippen LogP contribution in [0.5, 0.6) is 0 Å². The maximum Gasteiger partial charge on any atom is 0.322 e. The SMILES string of the molecule is CC(C)=C[C@@H]1[C@H](C(=O)N2CC[C@]3(C2)NC(=O)NC3=O)C1(C)C. The maximum absolute atomic E-state index is 12.8. The van der Waals surface area contributed by atoms with Crippen molar-refractivity contribution in [1.82, 2.24) is 15.5 Å². The van der Waals surface area contributed by atoms with E-state index < -0.39 is 11.6 Å². The number of nitrogens with one attached hydrogen (secondary N) is 2. The highest BCUT2D eigenvalue weighted by molar-refractivity contribution is 6.07. The smallest absolute Gasteiger partial charge is 0.322 e. The van der Waals surface area contributed by atoms with E-state index in [1.807, 2.05) is 13.8 Å². The lowest BCUT2D eigenvalue weighted by molar-refractivity contribution is -0.133. The highest BCUT2D eigenvalue weighted by atomic mass is 16.2. The molecule has 3 aliphatic rings. The molecule has 1 aliphatic carbocycles. The Labute approximate surface area is 130 Å². The fraction of sp³-hybridized carbons (Fsp3) is 0.688. The molecule has 2 N–H and O–H groups in total. The van der Waals surface area contributed by atoms with E-state index >= 15 is 0 Å². The Hall–Kier alpha value is -1.85. The van der Waals surface area contributed by atoms with Gasteiger partial charge in [-0.05, 0) is 31.6 Å². The van der Waals surface area contributed by atoms with Gasteiger partial charge in [0.1, 0.15) is 5.54 Å². The molecule has 3 rings (SSSR count). The first-order valence-corrected chi connectivity index (χ1v) is 7.75. The molecular weight excluding hydrogens is 282 g/mol. The number of carbonyl (C=O) groups is 3. The number of nitrogens with zero attached hydrogens (tertiary/aromatic N) is 1. The van der Waals surface area contributed by atoms with Gasteiger partial charge in [0.05, 0.1) is 12.5 Å². The van der Waals surface area contributed by atoms with E-state index in [2.05, 4.69) is 30.6 Å². The first kappa shape index (κ1) is 15.1. The second-order valence-corrected chi connectivity index (χ2v) is 7.57. The molecule has 3 fully saturated rings. The predicted octanol–water partition coefficient (Wildman–Crippen LogP) is 1.04. The molecule has 1 saturated carbocycles. The van der Waals surface area contributed by atoms with Crippen molar-refractivity contribution in [2.75, 3.05) is 13.1 Å². The molecule has 6 nitrogen and oxygen atoms in total. The summed E-state index contributed by atoms with van der Waals surface area (Å²) in [6, 6.07) is -0.464. The number of hydrogen-bond donors (Lipinski definition) is 2. The molecule has 22 heavy (non-hydrogen) atoms. The van der Waals surface area contributed by atoms with Gasteiger partial charge in [0.25, 0.3) is 5.91 Å². The van der Waals surface area contributed by atoms with Gasteiger partial charge in [-0.25, -0.2) is 4.79 Å². The average molecular weight is 305 g/mol. The van der Waals surface area contributed by atoms with E-state index in [0.717, 1.165) is 0 Å². The fourth-order valence-electron chi connectivity index (χ4n) is 3.83. The number of urea groups is 1. The summed E-state index contributed by atoms with van der Waals surface area (Å²) in [6.07, 6.45) is 2.65. The molecular formula is C16H23N3O3. The Bertz CT molecular complexity index is 591. The van der Waals surface area contributed by atoms with Crippen LogP contribution >= 0.6 is 0 Å². The maximum atomic E-state index is 12.8. The van der Waals surface area contributed by atoms with Gasteiger partial charge in [0.15, 0.2) is 0 Å². The van der Waals surface area contributed by atoms with Gasteiger partial charge in [-0.3, -0.25) is 14.9 Å². The van der Waals surface area contributed by atoms with E-state index in [4.69, 9.17) is 0 Å². The number of hydrogen-bond acceptors (Lipinski definition) is 3. The molecule has 2 aliphatic heterocycles. The molecule has 0 aromatic heterocycles. The van der Waals surface area contributed by atoms with Gasteiger partial charge < -0.3 is 10.2 Å². The van der Waals surface area contributed by atoms with Crippen LogP contribution in [0.4, 0.5) is 4.79 Å². The summed E-state index contributed by atoms with van der Waals surface area (Å²) in [4.78, 5) is 37.8. The lowest BCUT2D eigenvalue weighted by Crippen LogP contribution is -2.49. The second-order valence-electron chi connectivity index (χ2n) is 7.57. The van der Waals surface area contributed by atoms with Crippen molar-refractivity contribution in [1.29, 1.82) is 0 Å². The number of likely N-dealkylation sites (tertiary alicyclic amines) is 1. The van der Waals surface area contributed by atoms with Crippen LogP contribution in [0, 0.1) is 17.3 Å². The summed E-state index contributed by atoms with van der Waals surface area (Å²) in [5, 5.41) is 4.95. The van der Waals surface area contributed by atoms with E-state index in [1.54, 1.807) is 4.90 Å². The Kier molecular flexibility index (Phi) is 3.13. The zero-order valence-corrected chi connectivity index (χ0v) is 13.5. The minimum atomic E-state index is -0.919. The lowest BCUT2D eigenvalue weighted by Gasteiger charge is -2.21. The quantitative estimate of drug-likeness (QED) is 0.591. The van der Waals surface area contributed by atoms with Gasteiger partial charge in [-0.15, -0.1) is 0 Å². The van der Waals surface area contributed by atoms with Crippen LogP contribution in [0.3, 0.4) is 0 Å². The van der Waals surface area contributed by atoms with Gasteiger partial charge in [-0.1, -0.05) is 25.5 Å². The highest BCUT2D eigenvalue weighted by Gasteiger charge is 2.63. The zero-order valence-electron chi connectivity index (χ0n) is 13.5. The van der Waals surface area contributed by atoms with Crippen molar-refractivity contribution in [2.45, 2.75) is 39.7 Å². The topological polar surface area (TPSA) is 78.5 Å². The van der Waals surface area contributed by atoms with Crippen molar-refractivity contribution in [3.63, 3.8) is 0 Å². The zero-order chi connectivity index (χ0) is 16.3. The molecule has 1 spiro atoms. The van der Waals surface area contributed by atoms with Crippen LogP contribution in [0.15, 0.2) is 11.6 Å². The van der Waals surface area contributed by atoms with E-state index in [-0.39, 0.29) is 35.6 Å². The lowest BCUT2D eigenvalue weighted by atomic mass is 9.99. The summed E-state index contributed by atoms with van der Waals surface area (Å²) in [7, 11) is 0. The Morgan fingerprint density at radius 3 is 2.55 bits per heavy atom. The molecule has 0 aromatic rings. The van der Waals surface area contributed by atoms with Gasteiger partial charge in [0.2, 0.25) is 5.91 Å². The molecule has 0 unspecified atom stereocenters. The monoisotopic (exact) mass is 305 g/mol. The molecule has 2 saturated heterocycles. The van der Waals surface area contributed by atoms with Crippen LogP contribution in [0.1, 0.15) is 34.1 Å². The third-order valence-corrected chi connectivity index (χ3v) is 5.29. The molecule has 6 heteroatoms. The minimum Gasteiger partial charge on any atom is -0.339 e. The number of allylic oxidation sites excluding steroid dienone is 2. The van der Waals surface area contributed by atoms with Crippen molar-refractivity contribution in [3.8, 4) is 0 Å². The Morgan fingerprint density at radius 1 is 1.32 bits per heavy atom. The molecule has 120 valence electrons. The minimum absolute atomic E-state index is 0.0299. The van der Waals surface area contributed by atoms with Crippen molar-refractivity contribution >= 4 is 17.8 Å². The first-order chi connectivity index (χ1) is 10.2. The van der Waals surface area contributed by atoms with E-state index in [1.165, 1.54) is 5.57 Å². The number of imide groups is 1. The first-order valence-electron chi connectivity index (χ1n) is 7.75. The molecule has 3 atom stereocenters. The van der Waals surface area contributed by atoms with E-state index in [0.29, 0.717) is 13.0 Å². The third kappa shape index (κ3) is 2.12. The largest absolute Gasteiger partial charge is 0.339 e. The molecule has 2 heterocycles. The predicted molar refractivity (Wildman–Crippen MR) is 80.8 cm³/mol. The second kappa shape index (κ2) is 4.57. The van der Waals surface area contributed by atoms with Gasteiger partial charge >= 0.3 is 6.03 Å². The normalized spacial score (nSPS) is 35.4. The van der Waals surface area contributed by atoms with Crippen LogP contribution in [-0.4, -0.2) is 41.4 Å². The summed E-state index contributed by atoms with van der Waals surface area (Å²) in [5.41, 5.74) is 0.261. The highest BCUT2D eigenvalue weighted by Crippen LogP contribution is 2.60. The van der Waals surface area contributed by atoms with Crippen LogP contribution in [0.25, 0.3) is 0 Å². The summed E-state index contributed by atoms with van der Waals surface area (Å²) in [5.74, 6) is 0.00768. The average Bonchev–Trinajstić information content (AvgIpc) is 2.75. The van der Waals surface area contributed by atoms with Crippen molar-refractivity contribution < 1.29 is 14.4 Å². The van der Waals surface area contributed by atoms with Gasteiger partial charge in [-0.2, -0.15) is 0 Å². The molecule has 0 radical (unpaired) electrons. The molecule has 0 bridgehead atoms. The Balaban J connectivity index is 1.72. The molecule has 4 amide bonds. The van der Waals surface area contributed by atoms with Crippen molar-refractivity contribution in [2.24, 2.45) is 17.3 Å². The number of rotatable bonds is 2. The van der Waals surface area contributed by atoms with Crippen LogP contribution in [-0.2, 0) is 9.59 Å². The third-order valence-electron chi connectivity index (χ3n) is 5.29. The number of amides is 4. The van der Waals surface area contributed by atoms with Gasteiger partial charge in [0, 0.05) is 6.54 Å². The Morgan fingerprint density at radius 2 is 2.00 bits per heavy atom. The standard InChI is InChI=1S/C16H23N3O3/c1-9(2)7-10-11(15(10,3)4)12(20)19-6-5-16(8-19)13(21)17-14(22)18-16/h7,10-11H,5-6,8H2,1-4H3,(H2,17,18,21,22)/t10-,11-,16-/m1/s1. The molecule has 0 aromatic carbocycles. The van der Waals surface area contributed by atoms with Crippen molar-refractivity contribution in [3.05, 3.63) is 11.6 Å². The van der Waals surface area contributed by atoms with Crippen LogP contribution in [0.2, 0.25) is 0 Å². The van der Waals surface area contributed by atoms with E-state index in [9.17, 15) is 14.4 Å². The summed E-state index contributed by atoms with van der Waals surface area (Å²) in [6.45, 7) is 9.08. The number of carbonyl (C=O) groups excluding carboxylic acids is 3. The fourth-order valence-corrected chi connectivity index (χ4v) is 3.83.